The number of hydrogen-bond acceptors (Lipinski definition) is 4. The Bertz CT molecular complexity index is 987. The van der Waals surface area contributed by atoms with Crippen LogP contribution < -0.4 is 4.74 Å². The molecule has 0 aliphatic rings. The highest BCUT2D eigenvalue weighted by molar-refractivity contribution is 6.09. The van der Waals surface area contributed by atoms with Crippen molar-refractivity contribution >= 4 is 17.6 Å². The molecule has 3 rings (SSSR count). The SMILES string of the molecule is O=C(/C=C/c1ccc(C(=O)c2ccc(OCCCCO)cc2)cc1)c1ccccc1. The fourth-order valence-electron chi connectivity index (χ4n) is 2.89. The quantitative estimate of drug-likeness (QED) is 0.297. The zero-order chi connectivity index (χ0) is 21.2. The van der Waals surface area contributed by atoms with Crippen molar-refractivity contribution in [2.24, 2.45) is 0 Å². The lowest BCUT2D eigenvalue weighted by Gasteiger charge is -2.07. The molecule has 0 aliphatic heterocycles. The molecule has 4 nitrogen and oxygen atoms in total. The Labute approximate surface area is 176 Å². The highest BCUT2D eigenvalue weighted by Gasteiger charge is 2.09. The number of rotatable bonds is 10. The molecule has 0 atom stereocenters. The van der Waals surface area contributed by atoms with Gasteiger partial charge in [0.1, 0.15) is 5.75 Å². The van der Waals surface area contributed by atoms with Crippen molar-refractivity contribution < 1.29 is 19.4 Å². The molecule has 0 fully saturated rings. The lowest BCUT2D eigenvalue weighted by Crippen LogP contribution is -2.02. The molecule has 30 heavy (non-hydrogen) atoms. The van der Waals surface area contributed by atoms with E-state index in [9.17, 15) is 9.59 Å². The molecule has 0 unspecified atom stereocenters. The summed E-state index contributed by atoms with van der Waals surface area (Å²) in [4.78, 5) is 24.8. The van der Waals surface area contributed by atoms with Crippen LogP contribution >= 0.6 is 0 Å². The van der Waals surface area contributed by atoms with Crippen molar-refractivity contribution in [1.82, 2.24) is 0 Å². The average Bonchev–Trinajstić information content (AvgIpc) is 2.81. The second kappa shape index (κ2) is 10.9. The Morgan fingerprint density at radius 3 is 2.03 bits per heavy atom. The van der Waals surface area contributed by atoms with Crippen molar-refractivity contribution in [1.29, 1.82) is 0 Å². The third-order valence-electron chi connectivity index (χ3n) is 4.60. The van der Waals surface area contributed by atoms with Gasteiger partial charge in [-0.1, -0.05) is 60.7 Å². The lowest BCUT2D eigenvalue weighted by atomic mass is 10.0. The topological polar surface area (TPSA) is 63.6 Å². The predicted octanol–water partition coefficient (Wildman–Crippen LogP) is 4.97. The van der Waals surface area contributed by atoms with Gasteiger partial charge in [-0.15, -0.1) is 0 Å². The monoisotopic (exact) mass is 400 g/mol. The highest BCUT2D eigenvalue weighted by Crippen LogP contribution is 2.17. The van der Waals surface area contributed by atoms with Crippen LogP contribution in [0.4, 0.5) is 0 Å². The van der Waals surface area contributed by atoms with Crippen LogP contribution in [0, 0.1) is 0 Å². The first kappa shape index (κ1) is 21.2. The first-order valence-electron chi connectivity index (χ1n) is 9.93. The fraction of sp³-hybridized carbons (Fsp3) is 0.154. The molecule has 0 heterocycles. The molecular weight excluding hydrogens is 376 g/mol. The number of aliphatic hydroxyl groups is 1. The fourth-order valence-corrected chi connectivity index (χ4v) is 2.89. The zero-order valence-electron chi connectivity index (χ0n) is 16.7. The van der Waals surface area contributed by atoms with Crippen LogP contribution in [0.1, 0.15) is 44.7 Å². The molecule has 1 N–H and O–H groups in total. The number of allylic oxidation sites excluding steroid dienone is 1. The van der Waals surface area contributed by atoms with Crippen molar-refractivity contribution in [3.8, 4) is 5.75 Å². The van der Waals surface area contributed by atoms with Gasteiger partial charge in [-0.25, -0.2) is 0 Å². The number of aliphatic hydroxyl groups excluding tert-OH is 1. The molecule has 152 valence electrons. The Morgan fingerprint density at radius 1 is 0.767 bits per heavy atom. The lowest BCUT2D eigenvalue weighted by molar-refractivity contribution is 0.103. The zero-order valence-corrected chi connectivity index (χ0v) is 16.7. The smallest absolute Gasteiger partial charge is 0.193 e. The minimum atomic E-state index is -0.0716. The van der Waals surface area contributed by atoms with Crippen molar-refractivity contribution in [2.45, 2.75) is 12.8 Å². The maximum absolute atomic E-state index is 12.7. The molecular formula is C26H24O4. The first-order chi connectivity index (χ1) is 14.7. The van der Waals surface area contributed by atoms with E-state index < -0.39 is 0 Å². The molecule has 0 bridgehead atoms. The van der Waals surface area contributed by atoms with Crippen LogP contribution in [0.15, 0.2) is 84.9 Å². The van der Waals surface area contributed by atoms with E-state index in [-0.39, 0.29) is 18.2 Å². The summed E-state index contributed by atoms with van der Waals surface area (Å²) in [6.45, 7) is 0.699. The Morgan fingerprint density at radius 2 is 1.40 bits per heavy atom. The maximum Gasteiger partial charge on any atom is 0.193 e. The van der Waals surface area contributed by atoms with Crippen molar-refractivity contribution in [3.63, 3.8) is 0 Å². The Hall–Kier alpha value is -3.50. The van der Waals surface area contributed by atoms with Crippen LogP contribution in [0.3, 0.4) is 0 Å². The molecule has 3 aromatic rings. The number of carbonyl (C=O) groups is 2. The van der Waals surface area contributed by atoms with Gasteiger partial charge >= 0.3 is 0 Å². The van der Waals surface area contributed by atoms with E-state index >= 15 is 0 Å². The van der Waals surface area contributed by atoms with Crippen molar-refractivity contribution in [3.05, 3.63) is 107 Å². The molecule has 0 amide bonds. The van der Waals surface area contributed by atoms with Crippen LogP contribution in [-0.4, -0.2) is 29.9 Å². The molecule has 3 aromatic carbocycles. The minimum Gasteiger partial charge on any atom is -0.494 e. The number of benzene rings is 3. The molecule has 0 saturated carbocycles. The van der Waals surface area contributed by atoms with Gasteiger partial charge in [-0.05, 0) is 48.7 Å². The number of hydrogen-bond donors (Lipinski definition) is 1. The minimum absolute atomic E-state index is 0.0607. The third-order valence-corrected chi connectivity index (χ3v) is 4.60. The normalized spacial score (nSPS) is 10.8. The highest BCUT2D eigenvalue weighted by atomic mass is 16.5. The van der Waals surface area contributed by atoms with Crippen LogP contribution in [-0.2, 0) is 0 Å². The summed E-state index contributed by atoms with van der Waals surface area (Å²) in [6, 6.07) is 23.3. The summed E-state index contributed by atoms with van der Waals surface area (Å²) in [5, 5.41) is 8.78. The van der Waals surface area contributed by atoms with E-state index in [1.54, 1.807) is 54.6 Å². The van der Waals surface area contributed by atoms with E-state index in [1.165, 1.54) is 6.08 Å². The first-order valence-corrected chi connectivity index (χ1v) is 9.93. The molecule has 0 saturated heterocycles. The Balaban J connectivity index is 1.59. The number of ketones is 2. The van der Waals surface area contributed by atoms with Crippen LogP contribution in [0.25, 0.3) is 6.08 Å². The van der Waals surface area contributed by atoms with E-state index in [4.69, 9.17) is 9.84 Å². The second-order valence-electron chi connectivity index (χ2n) is 6.82. The van der Waals surface area contributed by atoms with Gasteiger partial charge in [-0.2, -0.15) is 0 Å². The molecule has 0 radical (unpaired) electrons. The Kier molecular flexibility index (Phi) is 7.70. The van der Waals surface area contributed by atoms with Crippen LogP contribution in [0.5, 0.6) is 5.75 Å². The van der Waals surface area contributed by atoms with E-state index in [0.717, 1.165) is 12.0 Å². The van der Waals surface area contributed by atoms with E-state index in [2.05, 4.69) is 0 Å². The second-order valence-corrected chi connectivity index (χ2v) is 6.82. The summed E-state index contributed by atoms with van der Waals surface area (Å²) in [6.07, 6.45) is 4.77. The van der Waals surface area contributed by atoms with E-state index in [1.807, 2.05) is 30.3 Å². The maximum atomic E-state index is 12.7. The number of unbranched alkanes of at least 4 members (excludes halogenated alkanes) is 1. The van der Waals surface area contributed by atoms with Crippen molar-refractivity contribution in [2.75, 3.05) is 13.2 Å². The molecule has 0 spiro atoms. The van der Waals surface area contributed by atoms with Gasteiger partial charge < -0.3 is 9.84 Å². The standard InChI is InChI=1S/C26H24O4/c27-18-4-5-19-30-24-15-13-23(14-16-24)26(29)22-11-8-20(9-12-22)10-17-25(28)21-6-2-1-3-7-21/h1-3,6-17,27H,4-5,18-19H2/b17-10+. The van der Waals surface area contributed by atoms with Crippen LogP contribution in [0.2, 0.25) is 0 Å². The molecule has 0 aromatic heterocycles. The number of ether oxygens (including phenoxy) is 1. The summed E-state index contributed by atoms with van der Waals surface area (Å²) < 4.78 is 5.58. The third kappa shape index (κ3) is 6.00. The van der Waals surface area contributed by atoms with Gasteiger partial charge in [0.05, 0.1) is 6.61 Å². The predicted molar refractivity (Wildman–Crippen MR) is 118 cm³/mol. The van der Waals surface area contributed by atoms with Gasteiger partial charge in [0.2, 0.25) is 0 Å². The van der Waals surface area contributed by atoms with Gasteiger partial charge in [0.25, 0.3) is 0 Å². The summed E-state index contributed by atoms with van der Waals surface area (Å²) in [5.41, 5.74) is 2.65. The summed E-state index contributed by atoms with van der Waals surface area (Å²) >= 11 is 0. The van der Waals surface area contributed by atoms with Gasteiger partial charge in [-0.3, -0.25) is 9.59 Å². The molecule has 0 aliphatic carbocycles. The summed E-state index contributed by atoms with van der Waals surface area (Å²) in [5.74, 6) is 0.570. The van der Waals surface area contributed by atoms with E-state index in [0.29, 0.717) is 35.5 Å². The largest absolute Gasteiger partial charge is 0.494 e. The number of carbonyl (C=O) groups excluding carboxylic acids is 2. The van der Waals surface area contributed by atoms with Gasteiger partial charge in [0.15, 0.2) is 11.6 Å². The molecule has 4 heteroatoms. The van der Waals surface area contributed by atoms with Gasteiger partial charge in [0, 0.05) is 23.3 Å². The summed E-state index contributed by atoms with van der Waals surface area (Å²) in [7, 11) is 0. The average molecular weight is 400 g/mol.